The quantitative estimate of drug-likeness (QED) is 0.616. The van der Waals surface area contributed by atoms with Crippen LogP contribution in [0.1, 0.15) is 48.2 Å². The van der Waals surface area contributed by atoms with Gasteiger partial charge in [-0.25, -0.2) is 0 Å². The monoisotopic (exact) mass is 423 g/mol. The molecule has 0 aliphatic heterocycles. The van der Waals surface area contributed by atoms with E-state index in [1.54, 1.807) is 19.1 Å². The highest BCUT2D eigenvalue weighted by Crippen LogP contribution is 2.30. The predicted octanol–water partition coefficient (Wildman–Crippen LogP) is 4.85. The zero-order valence-electron chi connectivity index (χ0n) is 17.3. The molecule has 1 heterocycles. The molecule has 3 aromatic rings. The summed E-state index contributed by atoms with van der Waals surface area (Å²) in [6, 6.07) is 15.7. The lowest BCUT2D eigenvalue weighted by molar-refractivity contribution is -0.128. The van der Waals surface area contributed by atoms with E-state index in [-0.39, 0.29) is 11.9 Å². The number of halogens is 1. The first kappa shape index (κ1) is 20.5. The van der Waals surface area contributed by atoms with Crippen molar-refractivity contribution in [2.45, 2.75) is 51.8 Å². The van der Waals surface area contributed by atoms with E-state index in [9.17, 15) is 4.79 Å². The van der Waals surface area contributed by atoms with Crippen LogP contribution in [0.5, 0.6) is 5.75 Å². The van der Waals surface area contributed by atoms with Crippen LogP contribution in [0, 0.1) is 6.92 Å². The molecule has 0 spiro atoms. The van der Waals surface area contributed by atoms with Crippen LogP contribution in [-0.4, -0.2) is 21.8 Å². The van der Waals surface area contributed by atoms with Gasteiger partial charge in [-0.3, -0.25) is 9.48 Å². The van der Waals surface area contributed by atoms with Crippen LogP contribution < -0.4 is 10.1 Å². The van der Waals surface area contributed by atoms with Crippen molar-refractivity contribution < 1.29 is 9.53 Å². The Morgan fingerprint density at radius 3 is 2.87 bits per heavy atom. The molecule has 2 aromatic carbocycles. The van der Waals surface area contributed by atoms with Crippen LogP contribution in [0.2, 0.25) is 5.02 Å². The molecule has 0 fully saturated rings. The van der Waals surface area contributed by atoms with Crippen LogP contribution in [0.15, 0.2) is 54.7 Å². The van der Waals surface area contributed by atoms with E-state index in [1.165, 1.54) is 11.3 Å². The number of nitrogens with zero attached hydrogens (tertiary/aromatic N) is 2. The molecule has 0 saturated carbocycles. The minimum absolute atomic E-state index is 0.0382. The number of aryl methyl sites for hydroxylation is 1. The van der Waals surface area contributed by atoms with Gasteiger partial charge in [-0.2, -0.15) is 5.10 Å². The number of benzene rings is 2. The van der Waals surface area contributed by atoms with Gasteiger partial charge in [-0.15, -0.1) is 0 Å². The van der Waals surface area contributed by atoms with Gasteiger partial charge in [-0.1, -0.05) is 41.9 Å². The van der Waals surface area contributed by atoms with E-state index in [0.717, 1.165) is 36.9 Å². The van der Waals surface area contributed by atoms with Crippen molar-refractivity contribution in [1.82, 2.24) is 15.1 Å². The summed E-state index contributed by atoms with van der Waals surface area (Å²) in [4.78, 5) is 12.8. The maximum absolute atomic E-state index is 12.8. The van der Waals surface area contributed by atoms with Crippen molar-refractivity contribution in [1.29, 1.82) is 0 Å². The first-order valence-electron chi connectivity index (χ1n) is 10.3. The number of carbonyl (C=O) groups is 1. The van der Waals surface area contributed by atoms with Gasteiger partial charge in [0.1, 0.15) is 5.75 Å². The maximum Gasteiger partial charge on any atom is 0.261 e. The van der Waals surface area contributed by atoms with Crippen molar-refractivity contribution in [3.63, 3.8) is 0 Å². The summed E-state index contributed by atoms with van der Waals surface area (Å²) in [6.45, 7) is 4.42. The minimum Gasteiger partial charge on any atom is -0.481 e. The second kappa shape index (κ2) is 8.92. The van der Waals surface area contributed by atoms with Gasteiger partial charge < -0.3 is 10.1 Å². The summed E-state index contributed by atoms with van der Waals surface area (Å²) >= 11 is 6.07. The fourth-order valence-corrected chi connectivity index (χ4v) is 4.02. The summed E-state index contributed by atoms with van der Waals surface area (Å²) in [5, 5.41) is 8.44. The van der Waals surface area contributed by atoms with Crippen molar-refractivity contribution >= 4 is 17.5 Å². The molecular formula is C24H26ClN3O2. The third kappa shape index (κ3) is 4.51. The molecule has 1 aromatic heterocycles. The zero-order valence-corrected chi connectivity index (χ0v) is 18.0. The number of hydrogen-bond donors (Lipinski definition) is 1. The fourth-order valence-electron chi connectivity index (χ4n) is 3.90. The predicted molar refractivity (Wildman–Crippen MR) is 118 cm³/mol. The molecular weight excluding hydrogens is 398 g/mol. The third-order valence-corrected chi connectivity index (χ3v) is 5.99. The highest BCUT2D eigenvalue weighted by Gasteiger charge is 2.27. The Kier molecular flexibility index (Phi) is 6.09. The van der Waals surface area contributed by atoms with Gasteiger partial charge in [0, 0.05) is 16.3 Å². The topological polar surface area (TPSA) is 56.1 Å². The smallest absolute Gasteiger partial charge is 0.261 e. The zero-order chi connectivity index (χ0) is 21.1. The van der Waals surface area contributed by atoms with E-state index in [1.807, 2.05) is 37.4 Å². The van der Waals surface area contributed by atoms with Crippen molar-refractivity contribution in [2.75, 3.05) is 0 Å². The molecule has 30 heavy (non-hydrogen) atoms. The Bertz CT molecular complexity index is 1030. The van der Waals surface area contributed by atoms with Crippen LogP contribution in [0.3, 0.4) is 0 Å². The molecule has 0 radical (unpaired) electrons. The second-order valence-corrected chi connectivity index (χ2v) is 8.22. The van der Waals surface area contributed by atoms with Crippen molar-refractivity contribution in [3.05, 3.63) is 82.1 Å². The summed E-state index contributed by atoms with van der Waals surface area (Å²) in [5.41, 5.74) is 4.46. The first-order valence-corrected chi connectivity index (χ1v) is 10.7. The van der Waals surface area contributed by atoms with E-state index in [2.05, 4.69) is 27.2 Å². The Labute approximate surface area is 182 Å². The van der Waals surface area contributed by atoms with Gasteiger partial charge in [0.25, 0.3) is 5.91 Å². The van der Waals surface area contributed by atoms with E-state index in [0.29, 0.717) is 10.8 Å². The maximum atomic E-state index is 12.8. The summed E-state index contributed by atoms with van der Waals surface area (Å²) in [7, 11) is 0. The lowest BCUT2D eigenvalue weighted by Gasteiger charge is -2.26. The van der Waals surface area contributed by atoms with Gasteiger partial charge in [0.2, 0.25) is 0 Å². The number of fused-ring (bicyclic) bond motifs is 1. The Morgan fingerprint density at radius 1 is 1.30 bits per heavy atom. The van der Waals surface area contributed by atoms with E-state index >= 15 is 0 Å². The molecule has 0 saturated heterocycles. The van der Waals surface area contributed by atoms with Crippen LogP contribution in [0.4, 0.5) is 0 Å². The largest absolute Gasteiger partial charge is 0.481 e. The average Bonchev–Trinajstić information content (AvgIpc) is 3.15. The molecule has 2 atom stereocenters. The van der Waals surface area contributed by atoms with Crippen LogP contribution >= 0.6 is 11.6 Å². The molecule has 0 bridgehead atoms. The van der Waals surface area contributed by atoms with Gasteiger partial charge in [0.05, 0.1) is 18.8 Å². The standard InChI is InChI=1S/C24H26ClN3O2/c1-16-13-19(11-12-21(16)25)30-17(2)24(29)27-22-9-6-10-23-20(22)14-26-28(23)15-18-7-4-3-5-8-18/h3-5,7-8,11-14,17,22H,6,9-10,15H2,1-2H3,(H,27,29). The molecule has 1 amide bonds. The number of amides is 1. The molecule has 1 aliphatic carbocycles. The fraction of sp³-hybridized carbons (Fsp3) is 0.333. The number of ether oxygens (including phenoxy) is 1. The van der Waals surface area contributed by atoms with Crippen molar-refractivity contribution in [2.24, 2.45) is 0 Å². The average molecular weight is 424 g/mol. The molecule has 1 aliphatic rings. The number of nitrogens with one attached hydrogen (secondary N) is 1. The lowest BCUT2D eigenvalue weighted by Crippen LogP contribution is -2.39. The highest BCUT2D eigenvalue weighted by atomic mass is 35.5. The summed E-state index contributed by atoms with van der Waals surface area (Å²) in [6.07, 6.45) is 4.20. The van der Waals surface area contributed by atoms with Crippen LogP contribution in [0.25, 0.3) is 0 Å². The molecule has 4 rings (SSSR count). The number of rotatable bonds is 6. The van der Waals surface area contributed by atoms with Crippen molar-refractivity contribution in [3.8, 4) is 5.75 Å². The highest BCUT2D eigenvalue weighted by molar-refractivity contribution is 6.31. The van der Waals surface area contributed by atoms with Crippen LogP contribution in [-0.2, 0) is 17.8 Å². The molecule has 1 N–H and O–H groups in total. The number of aromatic nitrogens is 2. The molecule has 6 heteroatoms. The Morgan fingerprint density at radius 2 is 2.10 bits per heavy atom. The SMILES string of the molecule is Cc1cc(OC(C)C(=O)NC2CCCc3c2cnn3Cc2ccccc2)ccc1Cl. The second-order valence-electron chi connectivity index (χ2n) is 7.81. The van der Waals surface area contributed by atoms with Gasteiger partial charge in [0.15, 0.2) is 6.10 Å². The normalized spacial score (nSPS) is 16.6. The molecule has 5 nitrogen and oxygen atoms in total. The summed E-state index contributed by atoms with van der Waals surface area (Å²) < 4.78 is 7.89. The number of hydrogen-bond acceptors (Lipinski definition) is 3. The van der Waals surface area contributed by atoms with Gasteiger partial charge >= 0.3 is 0 Å². The number of carbonyl (C=O) groups excluding carboxylic acids is 1. The van der Waals surface area contributed by atoms with E-state index in [4.69, 9.17) is 16.3 Å². The van der Waals surface area contributed by atoms with Gasteiger partial charge in [-0.05, 0) is 62.4 Å². The first-order chi connectivity index (χ1) is 14.5. The Balaban J connectivity index is 1.43. The Hall–Kier alpha value is -2.79. The lowest BCUT2D eigenvalue weighted by atomic mass is 9.92. The third-order valence-electron chi connectivity index (χ3n) is 5.57. The van der Waals surface area contributed by atoms with E-state index < -0.39 is 6.10 Å². The minimum atomic E-state index is -0.602. The molecule has 2 unspecified atom stereocenters. The molecule has 156 valence electrons. The summed E-state index contributed by atoms with van der Waals surface area (Å²) in [5.74, 6) is 0.510.